The number of fused-ring (bicyclic) bond motifs is 3. The van der Waals surface area contributed by atoms with E-state index >= 15 is 0 Å². The molecule has 7 aromatic heterocycles. The molecule has 0 saturated heterocycles. The summed E-state index contributed by atoms with van der Waals surface area (Å²) in [5.74, 6) is -7.89. The normalized spacial score (nSPS) is 12.6. The Kier molecular flexibility index (Phi) is 41.4. The molecule has 1 aliphatic carbocycles. The first-order chi connectivity index (χ1) is 69.5. The summed E-state index contributed by atoms with van der Waals surface area (Å²) in [5.41, 5.74) is 5.72. The van der Waals surface area contributed by atoms with E-state index in [0.29, 0.717) is 93.8 Å². The first-order valence-corrected chi connectivity index (χ1v) is 44.8. The molecule has 0 amide bonds. The van der Waals surface area contributed by atoms with Gasteiger partial charge in [0.25, 0.3) is 24.0 Å². The number of halogens is 24. The van der Waals surface area contributed by atoms with Gasteiger partial charge in [0.15, 0.2) is 25.6 Å². The molecule has 0 saturated carbocycles. The van der Waals surface area contributed by atoms with Gasteiger partial charge in [0, 0.05) is 129 Å². The number of hydrogen-bond acceptors (Lipinski definition) is 33. The Balaban J connectivity index is 0.000000227. The van der Waals surface area contributed by atoms with Crippen molar-refractivity contribution in [1.29, 1.82) is 0 Å². The van der Waals surface area contributed by atoms with Crippen molar-refractivity contribution in [2.75, 3.05) is 130 Å². The van der Waals surface area contributed by atoms with E-state index in [4.69, 9.17) is 13.9 Å². The number of aromatic amines is 1. The molecule has 0 fully saturated rings. The highest BCUT2D eigenvalue weighted by Crippen LogP contribution is 2.42. The number of aromatic nitrogens is 16. The highest BCUT2D eigenvalue weighted by molar-refractivity contribution is 5.84. The number of para-hydroxylation sites is 1. The number of ether oxygens (including phenoxy) is 5. The summed E-state index contributed by atoms with van der Waals surface area (Å²) in [6.07, 6.45) is -43.3. The van der Waals surface area contributed by atoms with Gasteiger partial charge in [-0.3, -0.25) is 10.1 Å². The first kappa shape index (κ1) is 119. The molecule has 812 valence electrons. The summed E-state index contributed by atoms with van der Waals surface area (Å²) in [6, 6.07) is 29.5. The van der Waals surface area contributed by atoms with Crippen LogP contribution in [0.25, 0.3) is 27.9 Å². The van der Waals surface area contributed by atoms with Crippen molar-refractivity contribution >= 4 is 122 Å². The van der Waals surface area contributed by atoms with Crippen LogP contribution in [0.4, 0.5) is 199 Å². The van der Waals surface area contributed by atoms with Gasteiger partial charge in [-0.15, -0.1) is 0 Å². The lowest BCUT2D eigenvalue weighted by molar-refractivity contribution is -0.384. The van der Waals surface area contributed by atoms with Gasteiger partial charge >= 0.3 is 79.0 Å². The van der Waals surface area contributed by atoms with Crippen LogP contribution in [0, 0.1) is 10.1 Å². The molecule has 6 N–H and O–H groups in total. The van der Waals surface area contributed by atoms with Crippen molar-refractivity contribution < 1.29 is 138 Å². The van der Waals surface area contributed by atoms with E-state index in [9.17, 15) is 115 Å². The number of H-pyrrole nitrogens is 1. The molecule has 1 aliphatic rings. The topological polar surface area (TPSA) is 388 Å². The molecular weight excluding hydrogens is 2040 g/mol. The van der Waals surface area contributed by atoms with E-state index in [1.54, 1.807) is 124 Å². The first-order valence-electron chi connectivity index (χ1n) is 44.8. The minimum Gasteiger partial charge on any atom is -0.464 e. The molecule has 12 aromatic rings. The van der Waals surface area contributed by atoms with Crippen LogP contribution >= 0.6 is 0 Å². The van der Waals surface area contributed by atoms with Crippen LogP contribution in [-0.4, -0.2) is 243 Å². The lowest BCUT2D eigenvalue weighted by Crippen LogP contribution is -2.47. The van der Waals surface area contributed by atoms with Gasteiger partial charge in [-0.05, 0) is 179 Å². The van der Waals surface area contributed by atoms with Crippen molar-refractivity contribution in [2.45, 2.75) is 176 Å². The maximum absolute atomic E-state index is 13.5. The van der Waals surface area contributed by atoms with Crippen LogP contribution in [0.2, 0.25) is 0 Å². The number of nitrogens with zero attached hydrogens (tertiary/aromatic N) is 21. The number of benzene rings is 5. The smallest absolute Gasteiger partial charge is 0.434 e. The number of hydrogen-bond donors (Lipinski definition) is 6. The average Bonchev–Trinajstić information content (AvgIpc) is 1.73. The Morgan fingerprint density at radius 1 is 0.376 bits per heavy atom. The van der Waals surface area contributed by atoms with Gasteiger partial charge in [0.2, 0.25) is 59.5 Å². The zero-order valence-electron chi connectivity index (χ0n) is 80.2. The fraction of sp³-hybridized carbons (Fsp3) is 0.433. The predicted octanol–water partition coefficient (Wildman–Crippen LogP) is 23.0. The third-order valence-corrected chi connectivity index (χ3v) is 20.6. The van der Waals surface area contributed by atoms with Gasteiger partial charge < -0.3 is 84.2 Å². The number of anilines is 15. The van der Waals surface area contributed by atoms with Crippen LogP contribution < -0.4 is 74.8 Å². The summed E-state index contributed by atoms with van der Waals surface area (Å²) in [4.78, 5) is 80.1. The maximum Gasteiger partial charge on any atom is 0.434 e. The van der Waals surface area contributed by atoms with Crippen LogP contribution in [0.15, 0.2) is 144 Å². The number of nitro benzene ring substituents is 1. The highest BCUT2D eigenvalue weighted by Gasteiger charge is 2.62. The fourth-order valence-corrected chi connectivity index (χ4v) is 12.7. The van der Waals surface area contributed by atoms with Gasteiger partial charge in [0.05, 0.1) is 11.2 Å². The second-order valence-electron chi connectivity index (χ2n) is 30.9. The molecule has 35 nitrogen and oxygen atoms in total. The molecule has 0 spiro atoms. The van der Waals surface area contributed by atoms with Crippen LogP contribution in [-0.2, 0) is 6.42 Å². The maximum atomic E-state index is 13.5. The molecule has 0 bridgehead atoms. The average molecular weight is 2140 g/mol. The largest absolute Gasteiger partial charge is 0.464 e. The number of non-ortho nitro benzene ring substituents is 1. The lowest BCUT2D eigenvalue weighted by atomic mass is 10.1. The monoisotopic (exact) mass is 2140 g/mol. The third kappa shape index (κ3) is 34.7. The summed E-state index contributed by atoms with van der Waals surface area (Å²) < 4.78 is 340. The Bertz CT molecular complexity index is 6070. The van der Waals surface area contributed by atoms with E-state index in [1.807, 2.05) is 75.1 Å². The number of nitrogens with one attached hydrogen (secondary N) is 6. The van der Waals surface area contributed by atoms with E-state index in [-0.39, 0.29) is 78.6 Å². The molecule has 59 heteroatoms. The molecule has 5 aromatic carbocycles. The standard InChI is InChI=1S/C19H19F6N5O.C18H18F6N6O.C18H17F6N5O2.C17H21F3N6O3.C17H22F3N5O.CH4/c1-3-30(4-2)16-27-15(26-13-9-8-11-6-5-7-12(11)10-13)28-17(29-16)31-14(18(20,21)22)19(23,24)25;1-3-30(4-2)15-27-14(26-11-6-5-10-7-8-25-12(10)9-11)28-16(29-15)31-13(17(19,20)21)18(22,23)24;1-3-29(4-2)15-26-14(25-11-6-5-10-7-8-30-12(10)9-11)27-16(28-15)31-13(17(19,20)21)18(22,23)24;1-4-25(5-2)15-22-14(21-12-6-8-13(9-7-12)26(27)28)23-16(24-15)29-10-17(19,20)11(3)18;1-4-25(5-2)15-22-14(21-13-9-7-6-8-10-13)23-16(24-15)26-11-17(19,20)12(3)18;/h5,7-10,14H,3-4,6H2,1-2H3,(H,26,27,28,29);5-9,13,25H,3-4H2,1-2H3,(H,26,27,28,29);5-9,13H,3-4H2,1-2H3,(H,25,26,27,28);6-9,11H,4-5,10H2,1-3H3,(H,21,22,23,24);6-10,12H,4-5,11H2,1-3H3,(H,21,22,23,24);1H4. The van der Waals surface area contributed by atoms with Crippen LogP contribution in [0.3, 0.4) is 0 Å². The second-order valence-corrected chi connectivity index (χ2v) is 30.9. The molecule has 2 atom stereocenters. The molecule has 0 radical (unpaired) electrons. The number of nitro groups is 1. The van der Waals surface area contributed by atoms with Crippen LogP contribution in [0.5, 0.6) is 30.1 Å². The summed E-state index contributed by atoms with van der Waals surface area (Å²) in [5, 5.41) is 26.6. The van der Waals surface area contributed by atoms with Gasteiger partial charge in [-0.2, -0.15) is 171 Å². The second kappa shape index (κ2) is 51.8. The van der Waals surface area contributed by atoms with E-state index < -0.39 is 122 Å². The molecular formula is C90H101F24N27O8. The highest BCUT2D eigenvalue weighted by atomic mass is 19.4. The SMILES string of the molecule is C.CCN(CC)c1nc(Nc2ccc([N+](=O)[O-])cc2)nc(OCC(F)(F)C(C)F)n1.CCN(CC)c1nc(Nc2ccc3c(c2)C=CC3)nc(OC(C(F)(F)F)C(F)(F)F)n1.CCN(CC)c1nc(Nc2ccc3cc[nH]c3c2)nc(OC(C(F)(F)F)C(F)(F)F)n1.CCN(CC)c1nc(Nc2ccc3ccoc3c2)nc(OC(C(F)(F)F)C(F)(F)F)n1.CCN(CC)c1nc(Nc2ccccc2)nc(OCC(F)(F)C(C)F)n1. The quantitative estimate of drug-likeness (QED) is 0.0118. The zero-order valence-corrected chi connectivity index (χ0v) is 80.2. The van der Waals surface area contributed by atoms with Gasteiger partial charge in [-0.1, -0.05) is 49.9 Å². The van der Waals surface area contributed by atoms with Gasteiger partial charge in [-0.25, -0.2) is 8.78 Å². The minimum atomic E-state index is -5.71. The van der Waals surface area contributed by atoms with Crippen molar-refractivity contribution in [3.05, 3.63) is 161 Å². The Labute approximate surface area is 834 Å². The molecule has 0 aliphatic heterocycles. The molecule has 149 heavy (non-hydrogen) atoms. The number of allylic oxidation sites excluding steroid dienone is 1. The molecule has 13 rings (SSSR count). The van der Waals surface area contributed by atoms with E-state index in [2.05, 4.69) is 121 Å². The van der Waals surface area contributed by atoms with E-state index in [0.717, 1.165) is 53.4 Å². The van der Waals surface area contributed by atoms with Crippen molar-refractivity contribution in [3.63, 3.8) is 0 Å². The zero-order chi connectivity index (χ0) is 109. The Hall–Kier alpha value is -15.3. The number of rotatable bonds is 40. The number of alkyl halides is 24. The molecule has 2 unspecified atom stereocenters. The third-order valence-electron chi connectivity index (χ3n) is 20.6. The minimum absolute atomic E-state index is 0. The Morgan fingerprint density at radius 2 is 0.685 bits per heavy atom. The summed E-state index contributed by atoms with van der Waals surface area (Å²) in [6.45, 7) is 21.5. The predicted molar refractivity (Wildman–Crippen MR) is 505 cm³/mol. The summed E-state index contributed by atoms with van der Waals surface area (Å²) in [7, 11) is 0. The number of furan rings is 1. The van der Waals surface area contributed by atoms with Gasteiger partial charge in [0.1, 0.15) is 5.58 Å². The van der Waals surface area contributed by atoms with Crippen molar-refractivity contribution in [2.24, 2.45) is 0 Å². The fourth-order valence-electron chi connectivity index (χ4n) is 12.7. The van der Waals surface area contributed by atoms with Crippen molar-refractivity contribution in [1.82, 2.24) is 79.7 Å². The summed E-state index contributed by atoms with van der Waals surface area (Å²) >= 11 is 0. The van der Waals surface area contributed by atoms with Crippen LogP contribution in [0.1, 0.15) is 102 Å². The Morgan fingerprint density at radius 3 is 1.03 bits per heavy atom. The van der Waals surface area contributed by atoms with E-state index in [1.165, 1.54) is 40.3 Å². The lowest BCUT2D eigenvalue weighted by Gasteiger charge is -2.24. The van der Waals surface area contributed by atoms with Crippen molar-refractivity contribution in [3.8, 4) is 30.1 Å². The molecule has 7 heterocycles.